The van der Waals surface area contributed by atoms with Crippen molar-refractivity contribution in [3.8, 4) is 0 Å². The lowest BCUT2D eigenvalue weighted by atomic mass is 9.93. The Labute approximate surface area is 174 Å². The predicted molar refractivity (Wildman–Crippen MR) is 131 cm³/mol. The molecule has 7 aromatic rings. The normalized spacial score (nSPS) is 12.0. The molecule has 0 heteroatoms. The van der Waals surface area contributed by atoms with E-state index in [1.807, 2.05) is 0 Å². The summed E-state index contributed by atoms with van der Waals surface area (Å²) in [7, 11) is 0. The Morgan fingerprint density at radius 3 is 1.47 bits per heavy atom. The van der Waals surface area contributed by atoms with Crippen LogP contribution in [0.4, 0.5) is 0 Å². The summed E-state index contributed by atoms with van der Waals surface area (Å²) >= 11 is 0. The molecule has 0 radical (unpaired) electrons. The molecule has 0 aliphatic rings. The van der Waals surface area contributed by atoms with Gasteiger partial charge in [-0.15, -0.1) is 0 Å². The second kappa shape index (κ2) is 5.81. The summed E-state index contributed by atoms with van der Waals surface area (Å²) in [6, 6.07) is 40.3. The second-order valence-corrected chi connectivity index (χ2v) is 8.23. The molecule has 0 unspecified atom stereocenters. The lowest BCUT2D eigenvalue weighted by molar-refractivity contribution is 1.78. The maximum absolute atomic E-state index is 2.40. The summed E-state index contributed by atoms with van der Waals surface area (Å²) in [6.07, 6.45) is 0. The zero-order valence-electron chi connectivity index (χ0n) is 16.4. The molecule has 0 nitrogen and oxygen atoms in total. The third kappa shape index (κ3) is 2.16. The van der Waals surface area contributed by atoms with Crippen molar-refractivity contribution in [1.82, 2.24) is 0 Å². The van der Waals surface area contributed by atoms with Gasteiger partial charge in [0.1, 0.15) is 0 Å². The maximum atomic E-state index is 2.40. The number of hydrogen-bond acceptors (Lipinski definition) is 0. The monoisotopic (exact) mass is 378 g/mol. The van der Waals surface area contributed by atoms with Gasteiger partial charge in [-0.2, -0.15) is 0 Å². The molecule has 0 atom stereocenters. The summed E-state index contributed by atoms with van der Waals surface area (Å²) in [4.78, 5) is 0. The minimum Gasteiger partial charge on any atom is -0.0616 e. The van der Waals surface area contributed by atoms with Crippen LogP contribution in [0.15, 0.2) is 109 Å². The van der Waals surface area contributed by atoms with Crippen LogP contribution in [0.2, 0.25) is 0 Å². The zero-order chi connectivity index (χ0) is 19.7. The van der Waals surface area contributed by atoms with E-state index < -0.39 is 0 Å². The molecule has 0 amide bonds. The molecule has 0 saturated carbocycles. The molecule has 0 heterocycles. The molecule has 0 aliphatic heterocycles. The smallest absolute Gasteiger partial charge is 0.00986 e. The Bertz CT molecular complexity index is 1760. The number of rotatable bonds is 0. The van der Waals surface area contributed by atoms with Crippen molar-refractivity contribution in [2.45, 2.75) is 0 Å². The quantitative estimate of drug-likeness (QED) is 0.183. The summed E-state index contributed by atoms with van der Waals surface area (Å²) in [6.45, 7) is 0. The minimum absolute atomic E-state index is 1.29. The molecule has 0 fully saturated rings. The molecule has 7 aromatic carbocycles. The highest BCUT2D eigenvalue weighted by molar-refractivity contribution is 6.22. The molecule has 7 rings (SSSR count). The Kier molecular flexibility index (Phi) is 3.09. The van der Waals surface area contributed by atoms with E-state index in [1.165, 1.54) is 64.6 Å². The summed E-state index contributed by atoms with van der Waals surface area (Å²) in [5.74, 6) is 0. The van der Waals surface area contributed by atoms with Gasteiger partial charge in [-0.1, -0.05) is 84.9 Å². The first kappa shape index (κ1) is 16.0. The van der Waals surface area contributed by atoms with Gasteiger partial charge in [0.2, 0.25) is 0 Å². The molecule has 0 aliphatic carbocycles. The fourth-order valence-electron chi connectivity index (χ4n) is 5.07. The first-order valence-electron chi connectivity index (χ1n) is 10.4. The van der Waals surface area contributed by atoms with E-state index in [4.69, 9.17) is 0 Å². The van der Waals surface area contributed by atoms with Crippen molar-refractivity contribution in [3.05, 3.63) is 109 Å². The second-order valence-electron chi connectivity index (χ2n) is 8.23. The van der Waals surface area contributed by atoms with Crippen LogP contribution in [0.5, 0.6) is 0 Å². The van der Waals surface area contributed by atoms with E-state index in [9.17, 15) is 0 Å². The van der Waals surface area contributed by atoms with Crippen LogP contribution in [0.1, 0.15) is 0 Å². The third-order valence-electron chi connectivity index (χ3n) is 6.56. The van der Waals surface area contributed by atoms with Gasteiger partial charge in [0, 0.05) is 0 Å². The van der Waals surface area contributed by atoms with Crippen LogP contribution in [-0.4, -0.2) is 0 Å². The summed E-state index contributed by atoms with van der Waals surface area (Å²) in [5, 5.41) is 15.7. The van der Waals surface area contributed by atoms with Gasteiger partial charge in [0.25, 0.3) is 0 Å². The van der Waals surface area contributed by atoms with Crippen molar-refractivity contribution in [1.29, 1.82) is 0 Å². The van der Waals surface area contributed by atoms with Crippen LogP contribution in [0.3, 0.4) is 0 Å². The molecule has 30 heavy (non-hydrogen) atoms. The lowest BCUT2D eigenvalue weighted by Gasteiger charge is -2.11. The predicted octanol–water partition coefficient (Wildman–Crippen LogP) is 8.61. The fraction of sp³-hybridized carbons (Fsp3) is 0. The molecule has 0 bridgehead atoms. The Hall–Kier alpha value is -3.90. The Morgan fingerprint density at radius 2 is 0.700 bits per heavy atom. The van der Waals surface area contributed by atoms with Crippen LogP contribution in [0, 0.1) is 0 Å². The van der Waals surface area contributed by atoms with E-state index in [0.717, 1.165) is 0 Å². The standard InChI is InChI=1S/C30H18/c1-2-7-21-17-28-22(15-20(21)6-1)9-10-23-16-24-12-14-26-25-8-4-3-5-19(25)11-13-27(26)29(24)18-30(23)28/h1-18H. The lowest BCUT2D eigenvalue weighted by Crippen LogP contribution is -1.84. The Balaban J connectivity index is 1.66. The van der Waals surface area contributed by atoms with Crippen molar-refractivity contribution < 1.29 is 0 Å². The molecule has 0 spiro atoms. The fourth-order valence-corrected chi connectivity index (χ4v) is 5.07. The molecule has 138 valence electrons. The van der Waals surface area contributed by atoms with Crippen LogP contribution < -0.4 is 0 Å². The van der Waals surface area contributed by atoms with Crippen LogP contribution in [0.25, 0.3) is 64.6 Å². The molecule has 0 N–H and O–H groups in total. The van der Waals surface area contributed by atoms with Crippen molar-refractivity contribution in [2.75, 3.05) is 0 Å². The SMILES string of the molecule is c1ccc2cc3c(ccc4cc5ccc6c7ccccc7ccc6c5cc43)cc2c1. The van der Waals surface area contributed by atoms with Gasteiger partial charge >= 0.3 is 0 Å². The van der Waals surface area contributed by atoms with Crippen LogP contribution >= 0.6 is 0 Å². The van der Waals surface area contributed by atoms with Gasteiger partial charge in [-0.05, 0) is 88.9 Å². The molecular weight excluding hydrogens is 360 g/mol. The Morgan fingerprint density at radius 1 is 0.233 bits per heavy atom. The average Bonchev–Trinajstić information content (AvgIpc) is 2.81. The van der Waals surface area contributed by atoms with E-state index in [-0.39, 0.29) is 0 Å². The highest BCUT2D eigenvalue weighted by atomic mass is 14.1. The van der Waals surface area contributed by atoms with Crippen molar-refractivity contribution >= 4 is 64.6 Å². The minimum atomic E-state index is 1.29. The summed E-state index contributed by atoms with van der Waals surface area (Å²) < 4.78 is 0. The van der Waals surface area contributed by atoms with E-state index in [2.05, 4.69) is 109 Å². The van der Waals surface area contributed by atoms with Gasteiger partial charge in [0.05, 0.1) is 0 Å². The van der Waals surface area contributed by atoms with E-state index in [0.29, 0.717) is 0 Å². The first-order valence-corrected chi connectivity index (χ1v) is 10.4. The molecule has 0 aromatic heterocycles. The topological polar surface area (TPSA) is 0 Å². The van der Waals surface area contributed by atoms with Gasteiger partial charge in [0.15, 0.2) is 0 Å². The van der Waals surface area contributed by atoms with Gasteiger partial charge in [-0.3, -0.25) is 0 Å². The largest absolute Gasteiger partial charge is 0.0616 e. The van der Waals surface area contributed by atoms with Crippen LogP contribution in [-0.2, 0) is 0 Å². The highest BCUT2D eigenvalue weighted by Crippen LogP contribution is 2.36. The zero-order valence-corrected chi connectivity index (χ0v) is 16.4. The first-order chi connectivity index (χ1) is 14.8. The van der Waals surface area contributed by atoms with Gasteiger partial charge in [-0.25, -0.2) is 0 Å². The number of hydrogen-bond donors (Lipinski definition) is 0. The maximum Gasteiger partial charge on any atom is -0.00986 e. The highest BCUT2D eigenvalue weighted by Gasteiger charge is 2.08. The van der Waals surface area contributed by atoms with Crippen molar-refractivity contribution in [2.24, 2.45) is 0 Å². The third-order valence-corrected chi connectivity index (χ3v) is 6.56. The van der Waals surface area contributed by atoms with Crippen molar-refractivity contribution in [3.63, 3.8) is 0 Å². The van der Waals surface area contributed by atoms with E-state index in [1.54, 1.807) is 0 Å². The average molecular weight is 378 g/mol. The van der Waals surface area contributed by atoms with E-state index >= 15 is 0 Å². The number of fused-ring (bicyclic) bond motifs is 9. The molecular formula is C30H18. The molecule has 0 saturated heterocycles. The summed E-state index contributed by atoms with van der Waals surface area (Å²) in [5.41, 5.74) is 0. The number of benzene rings is 7. The van der Waals surface area contributed by atoms with Gasteiger partial charge < -0.3 is 0 Å².